The highest BCUT2D eigenvalue weighted by molar-refractivity contribution is 5.86. The summed E-state index contributed by atoms with van der Waals surface area (Å²) in [5.41, 5.74) is 5.42. The molecule has 1 aliphatic heterocycles. The van der Waals surface area contributed by atoms with Gasteiger partial charge in [-0.25, -0.2) is 4.79 Å². The lowest BCUT2D eigenvalue weighted by Gasteiger charge is -2.22. The van der Waals surface area contributed by atoms with Gasteiger partial charge >= 0.3 is 6.09 Å². The third-order valence-corrected chi connectivity index (χ3v) is 5.68. The van der Waals surface area contributed by atoms with E-state index in [0.717, 1.165) is 18.8 Å². The van der Waals surface area contributed by atoms with E-state index in [-0.39, 0.29) is 5.41 Å². The number of carbonyl (C=O) groups is 1. The Morgan fingerprint density at radius 2 is 1.74 bits per heavy atom. The average Bonchev–Trinajstić information content (AvgIpc) is 2.98. The molecule has 0 aromatic heterocycles. The number of carbonyl (C=O) groups excluding carboxylic acids is 1. The van der Waals surface area contributed by atoms with Gasteiger partial charge in [0, 0.05) is 49.7 Å². The van der Waals surface area contributed by atoms with Crippen molar-refractivity contribution in [3.8, 4) is 5.75 Å². The molecule has 0 saturated heterocycles. The first kappa shape index (κ1) is 20.8. The maximum absolute atomic E-state index is 12.4. The first-order chi connectivity index (χ1) is 14.8. The van der Waals surface area contributed by atoms with E-state index in [1.807, 2.05) is 61.5 Å². The van der Waals surface area contributed by atoms with Crippen molar-refractivity contribution in [2.24, 2.45) is 0 Å². The van der Waals surface area contributed by atoms with Crippen molar-refractivity contribution in [2.45, 2.75) is 25.8 Å². The molecule has 3 aromatic carbocycles. The molecule has 1 aliphatic rings. The Hall–Kier alpha value is -3.47. The van der Waals surface area contributed by atoms with Gasteiger partial charge in [0.05, 0.1) is 0 Å². The van der Waals surface area contributed by atoms with Gasteiger partial charge in [-0.15, -0.1) is 0 Å². The minimum absolute atomic E-state index is 0.0258. The Morgan fingerprint density at radius 1 is 1.03 bits per heavy atom. The van der Waals surface area contributed by atoms with Crippen molar-refractivity contribution < 1.29 is 9.53 Å². The van der Waals surface area contributed by atoms with E-state index in [2.05, 4.69) is 54.4 Å². The van der Waals surface area contributed by atoms with E-state index in [0.29, 0.717) is 11.4 Å². The zero-order chi connectivity index (χ0) is 22.0. The second-order valence-electron chi connectivity index (χ2n) is 8.86. The second-order valence-corrected chi connectivity index (χ2v) is 8.86. The summed E-state index contributed by atoms with van der Waals surface area (Å²) in [6.45, 7) is 6.24. The standard InChI is InChI=1S/C26H29N3O2/c1-26(2)18-29(17-19-8-6-5-7-9-19)24-15-14-22(16-23(24)26)31-25(30)27-20-10-12-21(13-11-20)28(3)4/h5-16H,17-18H2,1-4H3,(H,27,30). The molecule has 0 radical (unpaired) electrons. The number of hydrogen-bond donors (Lipinski definition) is 1. The number of nitrogens with one attached hydrogen (secondary N) is 1. The molecular weight excluding hydrogens is 386 g/mol. The minimum Gasteiger partial charge on any atom is -0.410 e. The van der Waals surface area contributed by atoms with Crippen molar-refractivity contribution in [3.63, 3.8) is 0 Å². The van der Waals surface area contributed by atoms with Gasteiger partial charge in [0.15, 0.2) is 0 Å². The molecule has 1 heterocycles. The summed E-state index contributed by atoms with van der Waals surface area (Å²) in [4.78, 5) is 16.8. The van der Waals surface area contributed by atoms with Gasteiger partial charge in [-0.2, -0.15) is 0 Å². The quantitative estimate of drug-likeness (QED) is 0.584. The van der Waals surface area contributed by atoms with Crippen LogP contribution < -0.4 is 19.9 Å². The first-order valence-electron chi connectivity index (χ1n) is 10.5. The highest BCUT2D eigenvalue weighted by Crippen LogP contribution is 2.42. The molecule has 0 bridgehead atoms. The fraction of sp³-hybridized carbons (Fsp3) is 0.269. The zero-order valence-corrected chi connectivity index (χ0v) is 18.6. The van der Waals surface area contributed by atoms with E-state index in [9.17, 15) is 4.79 Å². The molecule has 0 aliphatic carbocycles. The molecule has 0 unspecified atom stereocenters. The summed E-state index contributed by atoms with van der Waals surface area (Å²) in [5.74, 6) is 0.552. The number of hydrogen-bond acceptors (Lipinski definition) is 4. The normalized spacial score (nSPS) is 14.1. The van der Waals surface area contributed by atoms with Gasteiger partial charge in [0.1, 0.15) is 5.75 Å². The van der Waals surface area contributed by atoms with Crippen LogP contribution in [0.2, 0.25) is 0 Å². The summed E-state index contributed by atoms with van der Waals surface area (Å²) in [5, 5.41) is 2.80. The lowest BCUT2D eigenvalue weighted by Crippen LogP contribution is -2.28. The Kier molecular flexibility index (Phi) is 5.59. The third-order valence-electron chi connectivity index (χ3n) is 5.68. The summed E-state index contributed by atoms with van der Waals surface area (Å²) in [6.07, 6.45) is -0.491. The molecule has 3 aromatic rings. The van der Waals surface area contributed by atoms with Crippen LogP contribution in [0, 0.1) is 0 Å². The Bertz CT molecular complexity index is 1060. The Morgan fingerprint density at radius 3 is 2.42 bits per heavy atom. The topological polar surface area (TPSA) is 44.8 Å². The zero-order valence-electron chi connectivity index (χ0n) is 18.6. The number of ether oxygens (including phenoxy) is 1. The second kappa shape index (κ2) is 8.34. The van der Waals surface area contributed by atoms with Crippen molar-refractivity contribution in [1.82, 2.24) is 0 Å². The fourth-order valence-corrected chi connectivity index (χ4v) is 4.08. The van der Waals surface area contributed by atoms with Crippen LogP contribution in [0.15, 0.2) is 72.8 Å². The SMILES string of the molecule is CN(C)c1ccc(NC(=O)Oc2ccc3c(c2)C(C)(C)CN3Cc2ccccc2)cc1. The lowest BCUT2D eigenvalue weighted by molar-refractivity contribution is 0.215. The monoisotopic (exact) mass is 415 g/mol. The molecule has 5 nitrogen and oxygen atoms in total. The molecule has 0 saturated carbocycles. The summed E-state index contributed by atoms with van der Waals surface area (Å²) in [7, 11) is 3.96. The van der Waals surface area contributed by atoms with Crippen LogP contribution in [0.5, 0.6) is 5.75 Å². The maximum atomic E-state index is 12.4. The van der Waals surface area contributed by atoms with Gasteiger partial charge in [-0.1, -0.05) is 44.2 Å². The number of rotatable bonds is 5. The van der Waals surface area contributed by atoms with Gasteiger partial charge in [0.2, 0.25) is 0 Å². The predicted octanol–water partition coefficient (Wildman–Crippen LogP) is 5.66. The van der Waals surface area contributed by atoms with Gasteiger partial charge in [-0.05, 0) is 53.6 Å². The lowest BCUT2D eigenvalue weighted by atomic mass is 9.87. The van der Waals surface area contributed by atoms with Crippen molar-refractivity contribution in [3.05, 3.63) is 83.9 Å². The molecule has 0 atom stereocenters. The van der Waals surface area contributed by atoms with Crippen LogP contribution in [-0.2, 0) is 12.0 Å². The maximum Gasteiger partial charge on any atom is 0.417 e. The minimum atomic E-state index is -0.491. The number of fused-ring (bicyclic) bond motifs is 1. The first-order valence-corrected chi connectivity index (χ1v) is 10.5. The molecule has 1 amide bonds. The van der Waals surface area contributed by atoms with Gasteiger partial charge in [0.25, 0.3) is 0 Å². The number of nitrogens with zero attached hydrogens (tertiary/aromatic N) is 2. The van der Waals surface area contributed by atoms with Crippen LogP contribution in [0.25, 0.3) is 0 Å². The highest BCUT2D eigenvalue weighted by Gasteiger charge is 2.35. The fourth-order valence-electron chi connectivity index (χ4n) is 4.08. The summed E-state index contributed by atoms with van der Waals surface area (Å²) >= 11 is 0. The van der Waals surface area contributed by atoms with E-state index in [1.54, 1.807) is 0 Å². The van der Waals surface area contributed by atoms with Crippen LogP contribution in [0.3, 0.4) is 0 Å². The van der Waals surface area contributed by atoms with Crippen LogP contribution in [0.1, 0.15) is 25.0 Å². The Balaban J connectivity index is 1.46. The van der Waals surface area contributed by atoms with Gasteiger partial charge < -0.3 is 14.5 Å². The molecule has 5 heteroatoms. The van der Waals surface area contributed by atoms with Crippen molar-refractivity contribution in [2.75, 3.05) is 35.8 Å². The third kappa shape index (κ3) is 4.66. The largest absolute Gasteiger partial charge is 0.417 e. The molecule has 31 heavy (non-hydrogen) atoms. The molecule has 160 valence electrons. The summed E-state index contributed by atoms with van der Waals surface area (Å²) < 4.78 is 5.59. The number of amides is 1. The molecule has 0 spiro atoms. The van der Waals surface area contributed by atoms with E-state index in [1.165, 1.54) is 16.8 Å². The average molecular weight is 416 g/mol. The smallest absolute Gasteiger partial charge is 0.410 e. The number of anilines is 3. The van der Waals surface area contributed by atoms with Crippen molar-refractivity contribution >= 4 is 23.2 Å². The van der Waals surface area contributed by atoms with Crippen LogP contribution in [0.4, 0.5) is 21.9 Å². The summed E-state index contributed by atoms with van der Waals surface area (Å²) in [6, 6.07) is 24.0. The van der Waals surface area contributed by atoms with Crippen molar-refractivity contribution in [1.29, 1.82) is 0 Å². The van der Waals surface area contributed by atoms with E-state index in [4.69, 9.17) is 4.74 Å². The highest BCUT2D eigenvalue weighted by atomic mass is 16.6. The predicted molar refractivity (Wildman–Crippen MR) is 127 cm³/mol. The molecule has 0 fully saturated rings. The molecule has 4 rings (SSSR count). The van der Waals surface area contributed by atoms with Gasteiger partial charge in [-0.3, -0.25) is 5.32 Å². The van der Waals surface area contributed by atoms with E-state index < -0.39 is 6.09 Å². The van der Waals surface area contributed by atoms with E-state index >= 15 is 0 Å². The van der Waals surface area contributed by atoms with Crippen LogP contribution in [-0.4, -0.2) is 26.7 Å². The number of benzene rings is 3. The van der Waals surface area contributed by atoms with Crippen LogP contribution >= 0.6 is 0 Å². The molecule has 1 N–H and O–H groups in total. The Labute approximate surface area is 184 Å². The molecular formula is C26H29N3O2.